The van der Waals surface area contributed by atoms with Crippen LogP contribution in [0, 0.1) is 0 Å². The third-order valence-corrected chi connectivity index (χ3v) is 1.63. The van der Waals surface area contributed by atoms with Crippen LogP contribution in [-0.4, -0.2) is 32.4 Å². The van der Waals surface area contributed by atoms with Gasteiger partial charge in [0.05, 0.1) is 13.7 Å². The quantitative estimate of drug-likeness (QED) is 0.451. The van der Waals surface area contributed by atoms with Gasteiger partial charge in [0.1, 0.15) is 0 Å². The summed E-state index contributed by atoms with van der Waals surface area (Å²) in [5, 5.41) is 0. The van der Waals surface area contributed by atoms with Crippen LogP contribution in [0.2, 0.25) is 0 Å². The summed E-state index contributed by atoms with van der Waals surface area (Å²) in [6.45, 7) is 7.91. The second-order valence-corrected chi connectivity index (χ2v) is 2.49. The molecule has 0 fully saturated rings. The summed E-state index contributed by atoms with van der Waals surface area (Å²) in [6, 6.07) is 0. The lowest BCUT2D eigenvalue weighted by Gasteiger charge is -2.08. The van der Waals surface area contributed by atoms with Gasteiger partial charge in [0.15, 0.2) is 11.6 Å². The number of carbonyl (C=O) groups excluding carboxylic acids is 1. The number of ether oxygens (including phenoxy) is 2. The van der Waals surface area contributed by atoms with Gasteiger partial charge in [-0.25, -0.2) is 4.79 Å². The average Bonchev–Trinajstić information content (AvgIpc) is 2.32. The number of hydrogen-bond acceptors (Lipinski definition) is 5. The fourth-order valence-electron chi connectivity index (χ4n) is 0.889. The van der Waals surface area contributed by atoms with Gasteiger partial charge >= 0.3 is 5.97 Å². The van der Waals surface area contributed by atoms with Crippen molar-refractivity contribution in [1.82, 2.24) is 0 Å². The third-order valence-electron chi connectivity index (χ3n) is 1.63. The maximum absolute atomic E-state index is 11.2. The largest absolute Gasteiger partial charge is 0.479 e. The first-order valence-electron chi connectivity index (χ1n) is 5.23. The number of rotatable bonds is 4. The van der Waals surface area contributed by atoms with E-state index in [1.165, 1.54) is 14.2 Å². The molecular weight excluding hydrogens is 208 g/mol. The lowest BCUT2D eigenvalue weighted by molar-refractivity contribution is -0.132. The molecule has 0 atom stereocenters. The van der Waals surface area contributed by atoms with Gasteiger partial charge in [0, 0.05) is 12.6 Å². The van der Waals surface area contributed by atoms with Gasteiger partial charge in [-0.15, -0.1) is 0 Å². The zero-order valence-corrected chi connectivity index (χ0v) is 11.0. The van der Waals surface area contributed by atoms with Crippen molar-refractivity contribution in [2.45, 2.75) is 27.7 Å². The maximum atomic E-state index is 11.2. The first kappa shape index (κ1) is 16.9. The maximum Gasteiger partial charge on any atom is 0.356 e. The molecule has 94 valence electrons. The van der Waals surface area contributed by atoms with E-state index in [1.54, 1.807) is 13.8 Å². The molecule has 0 amide bonds. The van der Waals surface area contributed by atoms with Crippen LogP contribution in [0.25, 0.3) is 0 Å². The van der Waals surface area contributed by atoms with E-state index in [4.69, 9.17) is 10.5 Å². The van der Waals surface area contributed by atoms with E-state index in [0.29, 0.717) is 12.2 Å². The molecule has 2 N–H and O–H groups in total. The van der Waals surface area contributed by atoms with Gasteiger partial charge in [0.2, 0.25) is 0 Å². The number of esters is 1. The standard InChI is InChI=1S/C9H16N2O3.C2H6/c1-5-14-8(10)6(2)7(11-3)9(12)13-4;1-2/h5,10H2,1-4H3;1-2H3/b8-6+,11-7?;. The Hall–Kier alpha value is -1.52. The smallest absolute Gasteiger partial charge is 0.356 e. The van der Waals surface area contributed by atoms with Crippen molar-refractivity contribution < 1.29 is 14.3 Å². The predicted octanol–water partition coefficient (Wildman–Crippen LogP) is 1.48. The molecule has 0 rings (SSSR count). The van der Waals surface area contributed by atoms with Crippen molar-refractivity contribution in [3.05, 3.63) is 11.5 Å². The molecule has 0 heterocycles. The minimum atomic E-state index is -0.521. The molecule has 0 aromatic heterocycles. The van der Waals surface area contributed by atoms with E-state index in [2.05, 4.69) is 9.73 Å². The molecule has 0 aliphatic heterocycles. The van der Waals surface area contributed by atoms with Gasteiger partial charge in [-0.05, 0) is 13.8 Å². The van der Waals surface area contributed by atoms with Crippen LogP contribution in [0.4, 0.5) is 0 Å². The zero-order chi connectivity index (χ0) is 13.1. The van der Waals surface area contributed by atoms with E-state index < -0.39 is 5.97 Å². The summed E-state index contributed by atoms with van der Waals surface area (Å²) in [4.78, 5) is 15.0. The van der Waals surface area contributed by atoms with Gasteiger partial charge in [-0.3, -0.25) is 4.99 Å². The van der Waals surface area contributed by atoms with Gasteiger partial charge < -0.3 is 15.2 Å². The Labute approximate surface area is 97.3 Å². The van der Waals surface area contributed by atoms with E-state index in [9.17, 15) is 4.79 Å². The Kier molecular flexibility index (Phi) is 10.6. The van der Waals surface area contributed by atoms with Crippen LogP contribution in [0.15, 0.2) is 16.4 Å². The lowest BCUT2D eigenvalue weighted by Crippen LogP contribution is -2.21. The van der Waals surface area contributed by atoms with Crippen LogP contribution >= 0.6 is 0 Å². The normalized spacial score (nSPS) is 12.0. The van der Waals surface area contributed by atoms with E-state index in [-0.39, 0.29) is 11.6 Å². The molecule has 0 unspecified atom stereocenters. The summed E-state index contributed by atoms with van der Waals surface area (Å²) in [7, 11) is 2.78. The van der Waals surface area contributed by atoms with Crippen molar-refractivity contribution in [2.75, 3.05) is 20.8 Å². The Morgan fingerprint density at radius 1 is 1.38 bits per heavy atom. The number of aliphatic imine (C=N–C) groups is 1. The molecule has 0 spiro atoms. The summed E-state index contributed by atoms with van der Waals surface area (Å²) < 4.78 is 9.59. The van der Waals surface area contributed by atoms with Gasteiger partial charge in [0.25, 0.3) is 0 Å². The van der Waals surface area contributed by atoms with Gasteiger partial charge in [-0.2, -0.15) is 0 Å². The molecule has 0 aliphatic carbocycles. The minimum Gasteiger partial charge on any atom is -0.479 e. The second kappa shape index (κ2) is 10.0. The van der Waals surface area contributed by atoms with E-state index in [1.807, 2.05) is 13.8 Å². The highest BCUT2D eigenvalue weighted by Gasteiger charge is 2.16. The summed E-state index contributed by atoms with van der Waals surface area (Å²) >= 11 is 0. The summed E-state index contributed by atoms with van der Waals surface area (Å²) in [5.41, 5.74) is 6.23. The molecule has 5 nitrogen and oxygen atoms in total. The molecule has 0 aromatic carbocycles. The summed E-state index contributed by atoms with van der Waals surface area (Å²) in [5.74, 6) is -0.328. The molecular formula is C11H22N2O3. The predicted molar refractivity (Wildman–Crippen MR) is 65.2 cm³/mol. The van der Waals surface area contributed by atoms with E-state index >= 15 is 0 Å². The molecule has 0 aliphatic rings. The Bertz CT molecular complexity index is 270. The number of carbonyl (C=O) groups is 1. The van der Waals surface area contributed by atoms with Crippen molar-refractivity contribution in [1.29, 1.82) is 0 Å². The van der Waals surface area contributed by atoms with Crippen LogP contribution in [0.5, 0.6) is 0 Å². The van der Waals surface area contributed by atoms with Crippen molar-refractivity contribution >= 4 is 11.7 Å². The number of nitrogens with zero attached hydrogens (tertiary/aromatic N) is 1. The molecule has 16 heavy (non-hydrogen) atoms. The molecule has 5 heteroatoms. The summed E-state index contributed by atoms with van der Waals surface area (Å²) in [6.07, 6.45) is 0. The Morgan fingerprint density at radius 3 is 2.19 bits per heavy atom. The topological polar surface area (TPSA) is 73.9 Å². The first-order valence-corrected chi connectivity index (χ1v) is 5.23. The third kappa shape index (κ3) is 5.38. The Morgan fingerprint density at radius 2 is 1.88 bits per heavy atom. The van der Waals surface area contributed by atoms with Crippen molar-refractivity contribution in [3.63, 3.8) is 0 Å². The highest BCUT2D eigenvalue weighted by molar-refractivity contribution is 6.43. The highest BCUT2D eigenvalue weighted by atomic mass is 16.5. The molecule has 0 bridgehead atoms. The van der Waals surface area contributed by atoms with Crippen LogP contribution in [0.1, 0.15) is 27.7 Å². The van der Waals surface area contributed by atoms with Crippen molar-refractivity contribution in [3.8, 4) is 0 Å². The number of nitrogens with two attached hydrogens (primary N) is 1. The SMILES string of the molecule is CC.CCO/C(N)=C(\C)C(=NC)C(=O)OC. The molecule has 0 aromatic rings. The molecule has 0 saturated carbocycles. The number of methoxy groups -OCH3 is 1. The number of hydrogen-bond donors (Lipinski definition) is 1. The van der Waals surface area contributed by atoms with Crippen LogP contribution < -0.4 is 5.73 Å². The average molecular weight is 230 g/mol. The first-order chi connectivity index (χ1) is 7.58. The second-order valence-electron chi connectivity index (χ2n) is 2.49. The fourth-order valence-corrected chi connectivity index (χ4v) is 0.889. The Balaban J connectivity index is 0. The van der Waals surface area contributed by atoms with Gasteiger partial charge in [-0.1, -0.05) is 13.8 Å². The highest BCUT2D eigenvalue weighted by Crippen LogP contribution is 2.04. The van der Waals surface area contributed by atoms with E-state index in [0.717, 1.165) is 0 Å². The van der Waals surface area contributed by atoms with Crippen molar-refractivity contribution in [2.24, 2.45) is 10.7 Å². The molecule has 0 radical (unpaired) electrons. The molecule has 0 saturated heterocycles. The zero-order valence-electron chi connectivity index (χ0n) is 11.0. The lowest BCUT2D eigenvalue weighted by atomic mass is 10.2. The minimum absolute atomic E-state index is 0.179. The fraction of sp³-hybridized carbons (Fsp3) is 0.636. The monoisotopic (exact) mass is 230 g/mol. The van der Waals surface area contributed by atoms with Crippen LogP contribution in [0.3, 0.4) is 0 Å². The van der Waals surface area contributed by atoms with Crippen LogP contribution in [-0.2, 0) is 14.3 Å².